The van der Waals surface area contributed by atoms with E-state index in [1.54, 1.807) is 42.5 Å². The number of hydrogen-bond donors (Lipinski definition) is 2. The van der Waals surface area contributed by atoms with E-state index < -0.39 is 27.7 Å². The average Bonchev–Trinajstić information content (AvgIpc) is 3.34. The molecule has 0 aliphatic carbocycles. The minimum atomic E-state index is -3.94. The molecule has 0 unspecified atom stereocenters. The molecule has 0 saturated carbocycles. The Morgan fingerprint density at radius 3 is 2.34 bits per heavy atom. The van der Waals surface area contributed by atoms with Crippen molar-refractivity contribution in [1.29, 1.82) is 0 Å². The maximum Gasteiger partial charge on any atom is 0.282 e. The van der Waals surface area contributed by atoms with Gasteiger partial charge >= 0.3 is 0 Å². The van der Waals surface area contributed by atoms with Gasteiger partial charge < -0.3 is 4.42 Å². The zero-order valence-electron chi connectivity index (χ0n) is 16.7. The van der Waals surface area contributed by atoms with Gasteiger partial charge in [-0.25, -0.2) is 18.1 Å². The third kappa shape index (κ3) is 4.16. The van der Waals surface area contributed by atoms with Crippen LogP contribution in [0, 0.1) is 0 Å². The van der Waals surface area contributed by atoms with Crippen molar-refractivity contribution in [3.63, 3.8) is 0 Å². The number of benzene rings is 2. The summed E-state index contributed by atoms with van der Waals surface area (Å²) in [5.41, 5.74) is 3.54. The molecule has 3 amide bonds. The highest BCUT2D eigenvalue weighted by Crippen LogP contribution is 2.26. The number of hydrazine groups is 1. The van der Waals surface area contributed by atoms with Crippen LogP contribution in [-0.4, -0.2) is 26.1 Å². The summed E-state index contributed by atoms with van der Waals surface area (Å²) in [5, 5.41) is 1.16. The number of nitrogens with one attached hydrogen (secondary N) is 2. The van der Waals surface area contributed by atoms with Crippen LogP contribution in [0.4, 0.5) is 5.69 Å². The van der Waals surface area contributed by atoms with E-state index in [4.69, 9.17) is 4.42 Å². The molecule has 3 aromatic rings. The molecule has 32 heavy (non-hydrogen) atoms. The van der Waals surface area contributed by atoms with Gasteiger partial charge in [0.15, 0.2) is 0 Å². The summed E-state index contributed by atoms with van der Waals surface area (Å²) < 4.78 is 31.7. The Hall–Kier alpha value is -4.18. The van der Waals surface area contributed by atoms with E-state index in [1.807, 2.05) is 4.72 Å². The minimum Gasteiger partial charge on any atom is -0.457 e. The average molecular weight is 451 g/mol. The van der Waals surface area contributed by atoms with Gasteiger partial charge in [0.05, 0.1) is 10.6 Å². The fourth-order valence-electron chi connectivity index (χ4n) is 3.09. The molecule has 2 heterocycles. The Balaban J connectivity index is 1.55. The Bertz CT molecular complexity index is 1340. The summed E-state index contributed by atoms with van der Waals surface area (Å²) in [5.74, 6) is -1.06. The lowest BCUT2D eigenvalue weighted by Gasteiger charge is -2.13. The van der Waals surface area contributed by atoms with Crippen LogP contribution in [0.3, 0.4) is 0 Å². The number of carbonyl (C=O) groups is 3. The molecule has 10 heteroatoms. The van der Waals surface area contributed by atoms with Crippen LogP contribution in [-0.2, 0) is 24.4 Å². The van der Waals surface area contributed by atoms with Crippen LogP contribution in [0.1, 0.15) is 12.7 Å². The summed E-state index contributed by atoms with van der Waals surface area (Å²) in [6, 6.07) is 17.7. The molecule has 0 spiro atoms. The van der Waals surface area contributed by atoms with Crippen LogP contribution >= 0.6 is 0 Å². The van der Waals surface area contributed by atoms with Gasteiger partial charge in [-0.15, -0.1) is 0 Å². The molecule has 0 atom stereocenters. The van der Waals surface area contributed by atoms with Crippen LogP contribution < -0.4 is 15.2 Å². The maximum absolute atomic E-state index is 12.7. The lowest BCUT2D eigenvalue weighted by Crippen LogP contribution is -2.35. The summed E-state index contributed by atoms with van der Waals surface area (Å²) in [6.07, 6.45) is 1.35. The smallest absolute Gasteiger partial charge is 0.282 e. The third-order valence-electron chi connectivity index (χ3n) is 4.55. The fraction of sp³-hybridized carbons (Fsp3) is 0.0455. The van der Waals surface area contributed by atoms with Gasteiger partial charge in [-0.1, -0.05) is 18.2 Å². The van der Waals surface area contributed by atoms with Crippen LogP contribution in [0.25, 0.3) is 17.4 Å². The minimum absolute atomic E-state index is 0.0698. The summed E-state index contributed by atoms with van der Waals surface area (Å²) in [4.78, 5) is 35.9. The monoisotopic (exact) mass is 451 g/mol. The lowest BCUT2D eigenvalue weighted by molar-refractivity contribution is -0.118. The predicted molar refractivity (Wildman–Crippen MR) is 115 cm³/mol. The molecule has 4 rings (SSSR count). The third-order valence-corrected chi connectivity index (χ3v) is 6.00. The van der Waals surface area contributed by atoms with E-state index in [9.17, 15) is 22.8 Å². The van der Waals surface area contributed by atoms with E-state index in [-0.39, 0.29) is 16.2 Å². The molecule has 162 valence electrons. The number of para-hydroxylation sites is 1. The molecular weight excluding hydrogens is 434 g/mol. The number of sulfonamides is 1. The quantitative estimate of drug-likeness (QED) is 0.453. The van der Waals surface area contributed by atoms with Crippen molar-refractivity contribution in [2.75, 3.05) is 5.01 Å². The summed E-state index contributed by atoms with van der Waals surface area (Å²) >= 11 is 0. The zero-order valence-corrected chi connectivity index (χ0v) is 17.5. The Kier molecular flexibility index (Phi) is 5.37. The zero-order chi connectivity index (χ0) is 22.9. The normalized spacial score (nSPS) is 15.2. The topological polar surface area (TPSA) is 126 Å². The highest BCUT2D eigenvalue weighted by molar-refractivity contribution is 7.90. The SMILES string of the molecule is CC(=O)NS(=O)(=O)c1ccc(-c2ccc(/C=C3/C(=O)NN(c4ccccc4)C3=O)o2)cc1. The van der Waals surface area contributed by atoms with E-state index in [0.717, 1.165) is 11.9 Å². The molecule has 2 N–H and O–H groups in total. The molecular formula is C22H17N3O6S. The van der Waals surface area contributed by atoms with Gasteiger partial charge in [-0.05, 0) is 54.6 Å². The highest BCUT2D eigenvalue weighted by atomic mass is 32.2. The Morgan fingerprint density at radius 2 is 1.69 bits per heavy atom. The second kappa shape index (κ2) is 8.16. The second-order valence-electron chi connectivity index (χ2n) is 6.86. The van der Waals surface area contributed by atoms with Crippen LogP contribution in [0.15, 0.2) is 81.6 Å². The van der Waals surface area contributed by atoms with Crippen LogP contribution in [0.5, 0.6) is 0 Å². The molecule has 1 fully saturated rings. The van der Waals surface area contributed by atoms with E-state index in [2.05, 4.69) is 5.43 Å². The van der Waals surface area contributed by atoms with Gasteiger partial charge in [0.2, 0.25) is 5.91 Å². The number of furan rings is 1. The molecule has 1 saturated heterocycles. The molecule has 0 bridgehead atoms. The largest absolute Gasteiger partial charge is 0.457 e. The summed E-state index contributed by atoms with van der Waals surface area (Å²) in [7, 11) is -3.94. The van der Waals surface area contributed by atoms with Gasteiger partial charge in [0.1, 0.15) is 17.1 Å². The first-order chi connectivity index (χ1) is 15.2. The number of carbonyl (C=O) groups excluding carboxylic acids is 3. The van der Waals surface area contributed by atoms with Crippen molar-refractivity contribution in [3.8, 4) is 11.3 Å². The highest BCUT2D eigenvalue weighted by Gasteiger charge is 2.34. The standard InChI is InChI=1S/C22H17N3O6S/c1-14(26)24-32(29,30)18-10-7-15(8-11-18)20-12-9-17(31-20)13-19-21(27)23-25(22(19)28)16-5-3-2-4-6-16/h2-13H,1H3,(H,23,27)(H,24,26)/b19-13-. The molecule has 2 aromatic carbocycles. The second-order valence-corrected chi connectivity index (χ2v) is 8.55. The van der Waals surface area contributed by atoms with Gasteiger partial charge in [0, 0.05) is 12.5 Å². The van der Waals surface area contributed by atoms with Crippen molar-refractivity contribution in [3.05, 3.63) is 78.1 Å². The summed E-state index contributed by atoms with van der Waals surface area (Å²) in [6.45, 7) is 1.11. The number of anilines is 1. The van der Waals surface area contributed by atoms with E-state index in [1.165, 1.54) is 30.3 Å². The molecule has 9 nitrogen and oxygen atoms in total. The van der Waals surface area contributed by atoms with Crippen molar-refractivity contribution < 1.29 is 27.2 Å². The number of nitrogens with zero attached hydrogens (tertiary/aromatic N) is 1. The molecule has 0 radical (unpaired) electrons. The number of amides is 3. The molecule has 1 aliphatic heterocycles. The van der Waals surface area contributed by atoms with Crippen molar-refractivity contribution in [1.82, 2.24) is 10.1 Å². The molecule has 1 aliphatic rings. The van der Waals surface area contributed by atoms with Crippen molar-refractivity contribution in [2.24, 2.45) is 0 Å². The van der Waals surface area contributed by atoms with Gasteiger partial charge in [0.25, 0.3) is 21.8 Å². The lowest BCUT2D eigenvalue weighted by atomic mass is 10.2. The maximum atomic E-state index is 12.7. The first-order valence-electron chi connectivity index (χ1n) is 9.40. The van der Waals surface area contributed by atoms with Crippen LogP contribution in [0.2, 0.25) is 0 Å². The first-order valence-corrected chi connectivity index (χ1v) is 10.9. The Morgan fingerprint density at radius 1 is 1.00 bits per heavy atom. The van der Waals surface area contributed by atoms with Crippen molar-refractivity contribution >= 4 is 39.5 Å². The number of hydrogen-bond acceptors (Lipinski definition) is 6. The first kappa shape index (κ1) is 21.1. The van der Waals surface area contributed by atoms with Gasteiger partial charge in [-0.2, -0.15) is 0 Å². The predicted octanol–water partition coefficient (Wildman–Crippen LogP) is 2.23. The van der Waals surface area contributed by atoms with E-state index >= 15 is 0 Å². The fourth-order valence-corrected chi connectivity index (χ4v) is 4.08. The number of rotatable bonds is 5. The molecule has 1 aromatic heterocycles. The van der Waals surface area contributed by atoms with Gasteiger partial charge in [-0.3, -0.25) is 19.8 Å². The van der Waals surface area contributed by atoms with Crippen molar-refractivity contribution in [2.45, 2.75) is 11.8 Å². The Labute approximate surface area is 183 Å². The van der Waals surface area contributed by atoms with E-state index in [0.29, 0.717) is 17.0 Å².